The summed E-state index contributed by atoms with van der Waals surface area (Å²) in [4.78, 5) is 11.4. The monoisotopic (exact) mass is 344 g/mol. The van der Waals surface area contributed by atoms with Gasteiger partial charge in [0, 0.05) is 13.3 Å². The van der Waals surface area contributed by atoms with E-state index in [0.717, 1.165) is 36.5 Å². The van der Waals surface area contributed by atoms with E-state index < -0.39 is 0 Å². The molecule has 0 aromatic rings. The van der Waals surface area contributed by atoms with Gasteiger partial charge in [-0.1, -0.05) is 38.8 Å². The summed E-state index contributed by atoms with van der Waals surface area (Å²) in [6.07, 6.45) is 14.4. The summed E-state index contributed by atoms with van der Waals surface area (Å²) in [7, 11) is 0. The van der Waals surface area contributed by atoms with E-state index in [0.29, 0.717) is 10.8 Å². The van der Waals surface area contributed by atoms with E-state index in [1.54, 1.807) is 12.5 Å². The van der Waals surface area contributed by atoms with Crippen molar-refractivity contribution in [2.45, 2.75) is 91.6 Å². The number of carbonyl (C=O) groups is 1. The number of carbonyl (C=O) groups excluding carboxylic acids is 1. The zero-order chi connectivity index (χ0) is 17.8. The third-order valence-electron chi connectivity index (χ3n) is 9.08. The van der Waals surface area contributed by atoms with Crippen molar-refractivity contribution in [1.82, 2.24) is 0 Å². The van der Waals surface area contributed by atoms with Gasteiger partial charge in [0.05, 0.1) is 0 Å². The van der Waals surface area contributed by atoms with Gasteiger partial charge in [0.15, 0.2) is 0 Å². The second kappa shape index (κ2) is 6.13. The first-order valence-electron chi connectivity index (χ1n) is 10.7. The molecule has 0 aromatic heterocycles. The highest BCUT2D eigenvalue weighted by molar-refractivity contribution is 5.66. The van der Waals surface area contributed by atoms with Gasteiger partial charge < -0.3 is 4.74 Å². The summed E-state index contributed by atoms with van der Waals surface area (Å²) in [5, 5.41) is 0. The van der Waals surface area contributed by atoms with Crippen molar-refractivity contribution in [1.29, 1.82) is 0 Å². The lowest BCUT2D eigenvalue weighted by Gasteiger charge is -2.58. The number of esters is 1. The lowest BCUT2D eigenvalue weighted by atomic mass is 9.47. The van der Waals surface area contributed by atoms with E-state index in [9.17, 15) is 4.79 Å². The fourth-order valence-electron chi connectivity index (χ4n) is 7.74. The Morgan fingerprint density at radius 1 is 1.16 bits per heavy atom. The van der Waals surface area contributed by atoms with Crippen molar-refractivity contribution in [2.24, 2.45) is 34.5 Å². The Morgan fingerprint density at radius 2 is 1.96 bits per heavy atom. The molecule has 0 aromatic carbocycles. The number of hydrogen-bond donors (Lipinski definition) is 0. The molecule has 25 heavy (non-hydrogen) atoms. The quantitative estimate of drug-likeness (QED) is 0.460. The molecule has 4 aliphatic carbocycles. The first-order valence-corrected chi connectivity index (χ1v) is 10.7. The topological polar surface area (TPSA) is 26.3 Å². The van der Waals surface area contributed by atoms with Crippen LogP contribution in [0.3, 0.4) is 0 Å². The third kappa shape index (κ3) is 2.61. The van der Waals surface area contributed by atoms with E-state index in [-0.39, 0.29) is 12.1 Å². The second-order valence-electron chi connectivity index (χ2n) is 9.96. The van der Waals surface area contributed by atoms with Crippen LogP contribution in [0.25, 0.3) is 0 Å². The Morgan fingerprint density at radius 3 is 2.68 bits per heavy atom. The van der Waals surface area contributed by atoms with Gasteiger partial charge in [0.1, 0.15) is 6.10 Å². The molecule has 7 atom stereocenters. The first-order chi connectivity index (χ1) is 11.9. The molecular weight excluding hydrogens is 308 g/mol. The van der Waals surface area contributed by atoms with Crippen LogP contribution in [-0.4, -0.2) is 12.1 Å². The Bertz CT molecular complexity index is 579. The predicted molar refractivity (Wildman–Crippen MR) is 101 cm³/mol. The van der Waals surface area contributed by atoms with Gasteiger partial charge in [-0.15, -0.1) is 0 Å². The van der Waals surface area contributed by atoms with Crippen LogP contribution in [0, 0.1) is 34.5 Å². The number of allylic oxidation sites excluding steroid dienone is 1. The highest BCUT2D eigenvalue weighted by atomic mass is 16.5. The molecular formula is C23H36O2. The van der Waals surface area contributed by atoms with Crippen LogP contribution in [0.2, 0.25) is 0 Å². The number of rotatable bonds is 2. The van der Waals surface area contributed by atoms with E-state index in [4.69, 9.17) is 4.74 Å². The van der Waals surface area contributed by atoms with Gasteiger partial charge in [0.2, 0.25) is 0 Å². The molecule has 0 heterocycles. The number of hydrogen-bond acceptors (Lipinski definition) is 2. The minimum atomic E-state index is -0.118. The van der Waals surface area contributed by atoms with Crippen LogP contribution in [0.1, 0.15) is 85.5 Å². The molecule has 0 bridgehead atoms. The van der Waals surface area contributed by atoms with Crippen LogP contribution in [0.5, 0.6) is 0 Å². The second-order valence-corrected chi connectivity index (χ2v) is 9.96. The van der Waals surface area contributed by atoms with Gasteiger partial charge in [0.25, 0.3) is 0 Å². The highest BCUT2D eigenvalue weighted by Gasteiger charge is 2.58. The maximum Gasteiger partial charge on any atom is 0.302 e. The summed E-state index contributed by atoms with van der Waals surface area (Å²) < 4.78 is 5.56. The molecule has 0 spiro atoms. The molecule has 7 unspecified atom stereocenters. The van der Waals surface area contributed by atoms with Gasteiger partial charge in [-0.3, -0.25) is 4.79 Å². The predicted octanol–water partition coefficient (Wildman–Crippen LogP) is 5.91. The van der Waals surface area contributed by atoms with Crippen LogP contribution in [-0.2, 0) is 9.53 Å². The maximum absolute atomic E-state index is 11.4. The van der Waals surface area contributed by atoms with Gasteiger partial charge in [-0.25, -0.2) is 0 Å². The summed E-state index contributed by atoms with van der Waals surface area (Å²) in [5.41, 5.74) is 2.58. The molecule has 4 rings (SSSR count). The normalized spacial score (nSPS) is 48.8. The Hall–Kier alpha value is -0.790. The van der Waals surface area contributed by atoms with Gasteiger partial charge in [-0.2, -0.15) is 0 Å². The Labute approximate surface area is 153 Å². The molecule has 0 radical (unpaired) electrons. The molecule has 2 nitrogen and oxygen atoms in total. The average molecular weight is 345 g/mol. The molecule has 3 fully saturated rings. The summed E-state index contributed by atoms with van der Waals surface area (Å²) in [6, 6.07) is 0. The molecule has 140 valence electrons. The summed E-state index contributed by atoms with van der Waals surface area (Å²) in [6.45, 7) is 9.11. The Kier molecular flexibility index (Phi) is 4.32. The standard InChI is InChI=1S/C23H36O2/c1-5-16-7-9-20-19-8-6-17-14-18(25-15(2)24)10-12-23(17,4)21(19)11-13-22(16,20)3/h6,16,18-21H,5,7-14H2,1-4H3. The Balaban J connectivity index is 1.58. The minimum Gasteiger partial charge on any atom is -0.462 e. The van der Waals surface area contributed by atoms with Crippen molar-refractivity contribution in [3.63, 3.8) is 0 Å². The van der Waals surface area contributed by atoms with Gasteiger partial charge >= 0.3 is 5.97 Å². The lowest BCUT2D eigenvalue weighted by molar-refractivity contribution is -0.148. The fourth-order valence-corrected chi connectivity index (χ4v) is 7.74. The smallest absolute Gasteiger partial charge is 0.302 e. The van der Waals surface area contributed by atoms with Crippen LogP contribution in [0.4, 0.5) is 0 Å². The molecule has 3 saturated carbocycles. The van der Waals surface area contributed by atoms with Crippen LogP contribution in [0.15, 0.2) is 11.6 Å². The fraction of sp³-hybridized carbons (Fsp3) is 0.870. The molecule has 0 amide bonds. The number of fused-ring (bicyclic) bond motifs is 5. The molecule has 0 N–H and O–H groups in total. The molecule has 2 heteroatoms. The van der Waals surface area contributed by atoms with E-state index >= 15 is 0 Å². The lowest BCUT2D eigenvalue weighted by Crippen LogP contribution is -2.50. The van der Waals surface area contributed by atoms with Crippen molar-refractivity contribution in [3.8, 4) is 0 Å². The SMILES string of the molecule is CCC1CCC2C3CC=C4CC(OC(C)=O)CCC4(C)C3CCC12C. The zero-order valence-corrected chi connectivity index (χ0v) is 16.6. The van der Waals surface area contributed by atoms with E-state index in [1.165, 1.54) is 44.9 Å². The summed E-state index contributed by atoms with van der Waals surface area (Å²) >= 11 is 0. The largest absolute Gasteiger partial charge is 0.462 e. The molecule has 4 aliphatic rings. The summed E-state index contributed by atoms with van der Waals surface area (Å²) in [5.74, 6) is 3.54. The molecule has 0 saturated heterocycles. The number of ether oxygens (including phenoxy) is 1. The highest BCUT2D eigenvalue weighted by Crippen LogP contribution is 2.66. The zero-order valence-electron chi connectivity index (χ0n) is 16.6. The minimum absolute atomic E-state index is 0.118. The third-order valence-corrected chi connectivity index (χ3v) is 9.08. The van der Waals surface area contributed by atoms with Gasteiger partial charge in [-0.05, 0) is 79.4 Å². The van der Waals surface area contributed by atoms with E-state index in [2.05, 4.69) is 26.8 Å². The van der Waals surface area contributed by atoms with Crippen molar-refractivity contribution >= 4 is 5.97 Å². The van der Waals surface area contributed by atoms with Crippen molar-refractivity contribution in [3.05, 3.63) is 11.6 Å². The van der Waals surface area contributed by atoms with Crippen LogP contribution >= 0.6 is 0 Å². The van der Waals surface area contributed by atoms with Crippen molar-refractivity contribution < 1.29 is 9.53 Å². The van der Waals surface area contributed by atoms with Crippen LogP contribution < -0.4 is 0 Å². The maximum atomic E-state index is 11.4. The molecule has 0 aliphatic heterocycles. The first kappa shape index (κ1) is 17.6. The average Bonchev–Trinajstić information content (AvgIpc) is 2.91. The van der Waals surface area contributed by atoms with E-state index in [1.807, 2.05) is 0 Å². The van der Waals surface area contributed by atoms with Crippen molar-refractivity contribution in [2.75, 3.05) is 0 Å².